The number of fused-ring (bicyclic) bond motifs is 2. The number of quaternary nitrogens is 1. The van der Waals surface area contributed by atoms with E-state index in [2.05, 4.69) is 50.2 Å². The quantitative estimate of drug-likeness (QED) is 0.0951. The number of carboxylic acid groups (broad SMARTS) is 1. The number of carbonyl (C=O) groups is 1. The summed E-state index contributed by atoms with van der Waals surface area (Å²) >= 11 is 0. The highest BCUT2D eigenvalue weighted by Gasteiger charge is 2.48. The first-order chi connectivity index (χ1) is 28.6. The van der Waals surface area contributed by atoms with E-state index in [4.69, 9.17) is 23.7 Å². The number of unbranched alkanes of at least 4 members (excludes halogenated alkanes) is 7. The molecule has 4 aromatic carbocycles. The van der Waals surface area contributed by atoms with Gasteiger partial charge in [0, 0.05) is 43.0 Å². The smallest absolute Gasteiger partial charge is 0.362 e. The SMILES string of the molecule is CCCCCCCCCCC(C(=O)O)[N+]1(C)CCc2cc(OC)c3cc2C1Cc1ccc(cc1)Oc1cc(ccc1OC)CC1c2c(cc(OC)c(O)c2O3)CCN1C. The normalized spacial score (nSPS) is 20.3. The Labute approximate surface area is 350 Å². The minimum Gasteiger partial charge on any atom is -0.502 e. The van der Waals surface area contributed by atoms with Crippen LogP contribution in [0.2, 0.25) is 0 Å². The Bertz CT molecular complexity index is 2100. The minimum atomic E-state index is -0.758. The number of rotatable bonds is 14. The third-order valence-electron chi connectivity index (χ3n) is 13.3. The zero-order valence-electron chi connectivity index (χ0n) is 35.9. The van der Waals surface area contributed by atoms with Crippen molar-refractivity contribution < 1.29 is 43.2 Å². The standard InChI is InChI=1S/C49H62N2O8/c1-7-8-9-10-11-12-13-14-15-39(49(53)54)51(3)25-23-34-29-42(56-5)44-31-37(34)40(51)27-32-16-19-36(20-17-32)58-43-28-33(18-21-41(43)55-4)26-38-46-35(22-24-50(38)2)30-45(57-6)47(52)48(46)59-44/h16-21,28-31,38-40H,7-15,22-27H2,1-6H3,(H-,52,53,54)/p+1. The van der Waals surface area contributed by atoms with Crippen LogP contribution in [-0.2, 0) is 30.5 Å². The summed E-state index contributed by atoms with van der Waals surface area (Å²) in [6.07, 6.45) is 12.5. The predicted octanol–water partition coefficient (Wildman–Crippen LogP) is 10.4. The molecule has 0 saturated heterocycles. The van der Waals surface area contributed by atoms with Crippen molar-refractivity contribution in [1.29, 1.82) is 0 Å². The molecular formula is C49H63N2O8+. The molecular weight excluding hydrogens is 745 g/mol. The number of benzene rings is 4. The number of methoxy groups -OCH3 is 3. The van der Waals surface area contributed by atoms with Gasteiger partial charge < -0.3 is 38.4 Å². The van der Waals surface area contributed by atoms with Crippen molar-refractivity contribution in [1.82, 2.24) is 4.90 Å². The summed E-state index contributed by atoms with van der Waals surface area (Å²) in [6, 6.07) is 19.2. The van der Waals surface area contributed by atoms with Gasteiger partial charge in [0.2, 0.25) is 5.75 Å². The van der Waals surface area contributed by atoms with Crippen LogP contribution in [0.1, 0.15) is 110 Å². The van der Waals surface area contributed by atoms with E-state index >= 15 is 0 Å². The van der Waals surface area contributed by atoms with E-state index in [-0.39, 0.29) is 17.8 Å². The maximum Gasteiger partial charge on any atom is 0.362 e. The molecule has 8 rings (SSSR count). The zero-order chi connectivity index (χ0) is 41.7. The molecule has 4 heterocycles. The highest BCUT2D eigenvalue weighted by atomic mass is 16.5. The van der Waals surface area contributed by atoms with Gasteiger partial charge in [-0.25, -0.2) is 4.79 Å². The first-order valence-corrected chi connectivity index (χ1v) is 21.6. The van der Waals surface area contributed by atoms with E-state index in [1.165, 1.54) is 32.1 Å². The van der Waals surface area contributed by atoms with Crippen molar-refractivity contribution in [3.05, 3.63) is 94.0 Å². The number of hydrogen-bond donors (Lipinski definition) is 2. The molecule has 0 amide bonds. The Morgan fingerprint density at radius 1 is 0.797 bits per heavy atom. The molecule has 4 aliphatic rings. The van der Waals surface area contributed by atoms with Gasteiger partial charge in [-0.15, -0.1) is 0 Å². The third kappa shape index (κ3) is 8.85. The fourth-order valence-corrected chi connectivity index (χ4v) is 9.81. The molecule has 2 N–H and O–H groups in total. The molecule has 6 bridgehead atoms. The van der Waals surface area contributed by atoms with Crippen LogP contribution < -0.4 is 23.7 Å². The van der Waals surface area contributed by atoms with Gasteiger partial charge in [-0.05, 0) is 91.0 Å². The molecule has 0 fully saturated rings. The summed E-state index contributed by atoms with van der Waals surface area (Å²) in [5, 5.41) is 22.9. The van der Waals surface area contributed by atoms with E-state index < -0.39 is 12.0 Å². The van der Waals surface area contributed by atoms with Gasteiger partial charge in [0.15, 0.2) is 40.5 Å². The van der Waals surface area contributed by atoms with Crippen molar-refractivity contribution in [3.8, 4) is 46.0 Å². The topological polar surface area (TPSA) is 107 Å². The highest BCUT2D eigenvalue weighted by molar-refractivity contribution is 5.72. The lowest BCUT2D eigenvalue weighted by Crippen LogP contribution is -2.60. The Morgan fingerprint density at radius 2 is 1.46 bits per heavy atom. The van der Waals surface area contributed by atoms with Gasteiger partial charge in [-0.2, -0.15) is 0 Å². The van der Waals surface area contributed by atoms with Gasteiger partial charge >= 0.3 is 5.97 Å². The van der Waals surface area contributed by atoms with Crippen molar-refractivity contribution >= 4 is 5.97 Å². The van der Waals surface area contributed by atoms with Crippen molar-refractivity contribution in [2.75, 3.05) is 48.5 Å². The summed E-state index contributed by atoms with van der Waals surface area (Å²) in [7, 11) is 9.07. The van der Waals surface area contributed by atoms with Gasteiger partial charge in [0.25, 0.3) is 0 Å². The largest absolute Gasteiger partial charge is 0.502 e. The fraction of sp³-hybridized carbons (Fsp3) is 0.490. The number of nitrogens with zero attached hydrogens (tertiary/aromatic N) is 2. The average molecular weight is 808 g/mol. The van der Waals surface area contributed by atoms with Crippen LogP contribution in [-0.4, -0.2) is 80.1 Å². The van der Waals surface area contributed by atoms with Crippen LogP contribution in [0.5, 0.6) is 46.0 Å². The summed E-state index contributed by atoms with van der Waals surface area (Å²) in [5.74, 6) is 2.78. The van der Waals surface area contributed by atoms with Crippen molar-refractivity contribution in [3.63, 3.8) is 0 Å². The Balaban J connectivity index is 1.36. The van der Waals surface area contributed by atoms with E-state index in [1.54, 1.807) is 21.3 Å². The number of hydrogen-bond acceptors (Lipinski definition) is 8. The number of ether oxygens (including phenoxy) is 5. The van der Waals surface area contributed by atoms with Crippen LogP contribution in [0.25, 0.3) is 0 Å². The molecule has 0 aromatic heterocycles. The van der Waals surface area contributed by atoms with E-state index in [9.17, 15) is 15.0 Å². The van der Waals surface area contributed by atoms with E-state index in [1.807, 2.05) is 36.4 Å². The first-order valence-electron chi connectivity index (χ1n) is 21.6. The number of aliphatic carboxylic acids is 1. The lowest BCUT2D eigenvalue weighted by atomic mass is 9.84. The maximum atomic E-state index is 13.4. The third-order valence-corrected chi connectivity index (χ3v) is 13.3. The number of carboxylic acids is 1. The van der Waals surface area contributed by atoms with E-state index in [0.717, 1.165) is 65.6 Å². The molecule has 4 atom stereocenters. The van der Waals surface area contributed by atoms with Crippen LogP contribution in [0, 0.1) is 0 Å². The van der Waals surface area contributed by atoms with Crippen molar-refractivity contribution in [2.24, 2.45) is 0 Å². The van der Waals surface area contributed by atoms with Crippen LogP contribution >= 0.6 is 0 Å². The molecule has 59 heavy (non-hydrogen) atoms. The van der Waals surface area contributed by atoms with Crippen LogP contribution in [0.15, 0.2) is 60.7 Å². The number of phenols is 1. The molecule has 0 saturated carbocycles. The zero-order valence-corrected chi connectivity index (χ0v) is 35.9. The average Bonchev–Trinajstić information content (AvgIpc) is 3.23. The molecule has 4 aromatic rings. The second-order valence-electron chi connectivity index (χ2n) is 17.0. The molecule has 0 aliphatic carbocycles. The molecule has 10 nitrogen and oxygen atoms in total. The highest BCUT2D eigenvalue weighted by Crippen LogP contribution is 2.52. The van der Waals surface area contributed by atoms with E-state index in [0.29, 0.717) is 77.0 Å². The first kappa shape index (κ1) is 42.2. The Morgan fingerprint density at radius 3 is 2.15 bits per heavy atom. The summed E-state index contributed by atoms with van der Waals surface area (Å²) in [5.41, 5.74) is 6.18. The van der Waals surface area contributed by atoms with Crippen LogP contribution in [0.4, 0.5) is 0 Å². The van der Waals surface area contributed by atoms with Gasteiger partial charge in [-0.3, -0.25) is 4.90 Å². The molecule has 4 aliphatic heterocycles. The molecule has 0 spiro atoms. The summed E-state index contributed by atoms with van der Waals surface area (Å²) in [6.45, 7) is 3.71. The Kier molecular flexibility index (Phi) is 13.3. The summed E-state index contributed by atoms with van der Waals surface area (Å²) < 4.78 is 31.4. The van der Waals surface area contributed by atoms with Crippen molar-refractivity contribution in [2.45, 2.75) is 109 Å². The lowest BCUT2D eigenvalue weighted by molar-refractivity contribution is -0.956. The Hall–Kier alpha value is -4.93. The fourth-order valence-electron chi connectivity index (χ4n) is 9.81. The molecule has 316 valence electrons. The number of likely N-dealkylation sites (N-methyl/N-ethyl adjacent to an activating group) is 2. The number of aromatic hydroxyl groups is 1. The van der Waals surface area contributed by atoms with Gasteiger partial charge in [-0.1, -0.05) is 70.1 Å². The molecule has 0 radical (unpaired) electrons. The second-order valence-corrected chi connectivity index (χ2v) is 17.0. The predicted molar refractivity (Wildman–Crippen MR) is 230 cm³/mol. The second kappa shape index (κ2) is 18.6. The monoisotopic (exact) mass is 807 g/mol. The lowest BCUT2D eigenvalue weighted by Gasteiger charge is -2.49. The minimum absolute atomic E-state index is 0.0764. The van der Waals surface area contributed by atoms with Gasteiger partial charge in [0.05, 0.1) is 34.9 Å². The molecule has 4 unspecified atom stereocenters. The van der Waals surface area contributed by atoms with Crippen LogP contribution in [0.3, 0.4) is 0 Å². The number of phenolic OH excluding ortho intramolecular Hbond substituents is 1. The maximum absolute atomic E-state index is 13.4. The summed E-state index contributed by atoms with van der Waals surface area (Å²) in [4.78, 5) is 15.7. The molecule has 10 heteroatoms. The van der Waals surface area contributed by atoms with Gasteiger partial charge in [0.1, 0.15) is 11.8 Å².